The highest BCUT2D eigenvalue weighted by Gasteiger charge is 2.32. The second kappa shape index (κ2) is 36.1. The Balaban J connectivity index is 0.000000468. The van der Waals surface area contributed by atoms with Gasteiger partial charge in [0.15, 0.2) is 0 Å². The zero-order valence-corrected chi connectivity index (χ0v) is 48.9. The van der Waals surface area contributed by atoms with Gasteiger partial charge in [-0.1, -0.05) is 80.3 Å². The predicted octanol–water partition coefficient (Wildman–Crippen LogP) is 2.15. The van der Waals surface area contributed by atoms with Gasteiger partial charge in [0.25, 0.3) is 0 Å². The van der Waals surface area contributed by atoms with Crippen LogP contribution >= 0.6 is 33.3 Å². The molecule has 1 fully saturated rings. The van der Waals surface area contributed by atoms with Crippen molar-refractivity contribution < 1.29 is 47.9 Å². The summed E-state index contributed by atoms with van der Waals surface area (Å²) in [5.41, 5.74) is 13.0. The van der Waals surface area contributed by atoms with E-state index in [2.05, 4.69) is 57.5 Å². The van der Waals surface area contributed by atoms with Crippen LogP contribution in [0.15, 0.2) is 43.0 Å². The number of benzene rings is 1. The molecule has 14 N–H and O–H groups in total. The average Bonchev–Trinajstić information content (AvgIpc) is 4.22. The lowest BCUT2D eigenvalue weighted by Gasteiger charge is -2.25. The van der Waals surface area contributed by atoms with E-state index >= 15 is 0 Å². The largest absolute Gasteiger partial charge is 0.370 e. The van der Waals surface area contributed by atoms with Crippen molar-refractivity contribution >= 4 is 103 Å². The van der Waals surface area contributed by atoms with Crippen molar-refractivity contribution in [2.75, 3.05) is 30.9 Å². The van der Waals surface area contributed by atoms with Gasteiger partial charge in [0, 0.05) is 79.1 Å². The van der Waals surface area contributed by atoms with Crippen LogP contribution in [0.25, 0.3) is 10.9 Å². The van der Waals surface area contributed by atoms with Crippen LogP contribution in [0.4, 0.5) is 0 Å². The molecule has 7 atom stereocenters. The topological polar surface area (TPSA) is 363 Å². The molecule has 1 aromatic carbocycles. The van der Waals surface area contributed by atoms with E-state index in [1.165, 1.54) is 37.2 Å². The summed E-state index contributed by atoms with van der Waals surface area (Å²) in [5, 5.41) is 22.9. The molecule has 0 bridgehead atoms. The molecule has 23 nitrogen and oxygen atoms in total. The third-order valence-electron chi connectivity index (χ3n) is 12.5. The van der Waals surface area contributed by atoms with Crippen LogP contribution in [0.2, 0.25) is 0 Å². The number of nitrogens with one attached hydrogen (secondary N) is 10. The van der Waals surface area contributed by atoms with Crippen LogP contribution in [0, 0.1) is 11.8 Å². The second-order valence-electron chi connectivity index (χ2n) is 20.0. The molecule has 438 valence electrons. The maximum absolute atomic E-state index is 13.6. The average molecular weight is 1160 g/mol. The summed E-state index contributed by atoms with van der Waals surface area (Å²) in [7, 11) is 3.84. The number of aromatic amines is 2. The number of imidazole rings is 1. The normalized spacial score (nSPS) is 15.2. The number of hydrogen-bond acceptors (Lipinski definition) is 14. The molecule has 79 heavy (non-hydrogen) atoms. The third-order valence-corrected chi connectivity index (χ3v) is 16.2. The van der Waals surface area contributed by atoms with E-state index in [-0.39, 0.29) is 61.7 Å². The quantitative estimate of drug-likeness (QED) is 0.0301. The Morgan fingerprint density at radius 3 is 2.04 bits per heavy atom. The number of nitrogens with two attached hydrogens (primary N) is 2. The number of carbonyl (C=O) groups is 10. The molecule has 7 unspecified atom stereocenters. The van der Waals surface area contributed by atoms with Crippen molar-refractivity contribution in [2.45, 2.75) is 160 Å². The van der Waals surface area contributed by atoms with Gasteiger partial charge in [0.1, 0.15) is 36.3 Å². The molecule has 0 spiro atoms. The number of thioether (sulfide) groups is 1. The monoisotopic (exact) mass is 1160 g/mol. The zero-order chi connectivity index (χ0) is 58.4. The van der Waals surface area contributed by atoms with Crippen LogP contribution in [-0.4, -0.2) is 146 Å². The Morgan fingerprint density at radius 2 is 1.42 bits per heavy atom. The van der Waals surface area contributed by atoms with Gasteiger partial charge >= 0.3 is 0 Å². The molecule has 3 aromatic rings. The first-order chi connectivity index (χ1) is 37.6. The Labute approximate surface area is 475 Å². The summed E-state index contributed by atoms with van der Waals surface area (Å²) in [6, 6.07) is 1.93. The molecule has 0 saturated carbocycles. The smallest absolute Gasteiger partial charge is 0.243 e. The maximum atomic E-state index is 13.6. The van der Waals surface area contributed by atoms with Crippen molar-refractivity contribution in [3.8, 4) is 0 Å². The minimum absolute atomic E-state index is 0.0380. The molecule has 0 radical (unpaired) electrons. The predicted molar refractivity (Wildman–Crippen MR) is 310 cm³/mol. The highest BCUT2D eigenvalue weighted by molar-refractivity contribution is 8.77. The Morgan fingerprint density at radius 1 is 0.734 bits per heavy atom. The number of H-pyrrole nitrogens is 2. The van der Waals surface area contributed by atoms with Crippen LogP contribution in [-0.2, 0) is 60.8 Å². The van der Waals surface area contributed by atoms with Gasteiger partial charge in [0.2, 0.25) is 59.1 Å². The molecule has 2 aromatic heterocycles. The highest BCUT2D eigenvalue weighted by Crippen LogP contribution is 2.40. The molecule has 3 heterocycles. The first-order valence-corrected chi connectivity index (χ1v) is 30.6. The summed E-state index contributed by atoms with van der Waals surface area (Å²) in [4.78, 5) is 136. The summed E-state index contributed by atoms with van der Waals surface area (Å²) < 4.78 is 0. The van der Waals surface area contributed by atoms with Gasteiger partial charge in [-0.2, -0.15) is 11.8 Å². The molecule has 4 rings (SSSR count). The number of carbonyl (C=O) groups excluding carboxylic acids is 10. The zero-order valence-electron chi connectivity index (χ0n) is 46.5. The van der Waals surface area contributed by atoms with Gasteiger partial charge in [-0.25, -0.2) is 4.98 Å². The fourth-order valence-corrected chi connectivity index (χ4v) is 11.9. The van der Waals surface area contributed by atoms with Gasteiger partial charge < -0.3 is 64.0 Å². The van der Waals surface area contributed by atoms with Gasteiger partial charge in [-0.15, -0.1) is 0 Å². The minimum Gasteiger partial charge on any atom is -0.370 e. The fourth-order valence-electron chi connectivity index (χ4n) is 8.40. The number of likely N-dealkylation sites (N-methyl/N-ethyl adjacent to an activating group) is 1. The fraction of sp³-hybridized carbons (Fsp3) is 0.604. The summed E-state index contributed by atoms with van der Waals surface area (Å²) in [5.74, 6) is -3.34. The van der Waals surface area contributed by atoms with Crippen LogP contribution < -0.4 is 54.0 Å². The maximum Gasteiger partial charge on any atom is 0.243 e. The van der Waals surface area contributed by atoms with Crippen molar-refractivity contribution in [1.29, 1.82) is 0 Å². The van der Waals surface area contributed by atoms with Gasteiger partial charge in [-0.3, -0.25) is 47.9 Å². The Kier molecular flexibility index (Phi) is 30.6. The number of para-hydroxylation sites is 1. The molecule has 1 aliphatic rings. The number of rotatable bonds is 34. The number of fused-ring (bicyclic) bond motifs is 1. The highest BCUT2D eigenvalue weighted by atomic mass is 33.1. The number of amides is 10. The first-order valence-electron chi connectivity index (χ1n) is 26.8. The third kappa shape index (κ3) is 25.6. The van der Waals surface area contributed by atoms with E-state index in [1.54, 1.807) is 33.2 Å². The molecular formula is C53H83N13O10S3. The van der Waals surface area contributed by atoms with Crippen molar-refractivity contribution in [3.05, 3.63) is 54.2 Å². The lowest BCUT2D eigenvalue weighted by atomic mass is 10.0. The van der Waals surface area contributed by atoms with Crippen LogP contribution in [0.1, 0.15) is 117 Å². The molecule has 1 aliphatic heterocycles. The molecule has 1 saturated heterocycles. The second-order valence-corrected chi connectivity index (χ2v) is 23.8. The number of nitrogens with zero attached hydrogens (tertiary/aromatic N) is 1. The summed E-state index contributed by atoms with van der Waals surface area (Å²) >= 11 is 1.54. The van der Waals surface area contributed by atoms with Gasteiger partial charge in [-0.05, 0) is 80.9 Å². The van der Waals surface area contributed by atoms with Crippen molar-refractivity contribution in [3.63, 3.8) is 0 Å². The summed E-state index contributed by atoms with van der Waals surface area (Å²) in [6.45, 7) is 10.5. The SMILES string of the molecule is CCNC(=O)C(NC(=O)CNC(=O)C(Cc1c[nH]c2ccccc12)NC(=O)C(CCC(N)=O)NC(=O)CCCCCC1CCSS1)C(C)C.CSCCC(NC(=O)C(CC(C)C)NC(=O)C(Cc1cnc[nH]1)NC(C)=O)C(N)=O. The number of unbranched alkanes of at least 4 members (excludes halogenated alkanes) is 2. The van der Waals surface area contributed by atoms with E-state index in [1.807, 2.05) is 66.0 Å². The summed E-state index contributed by atoms with van der Waals surface area (Å²) in [6.07, 6.45) is 12.7. The number of hydrogen-bond donors (Lipinski definition) is 12. The minimum atomic E-state index is -1.14. The first kappa shape index (κ1) is 67.0. The standard InChI is InChI=1S/C34H51N7O6S2.C19H32N6O4S/c1-4-36-34(47)31(21(2)3)41-30(44)20-38-32(45)27(18-22-19-37-25-12-9-8-11-24(22)25)40-33(46)26(14-15-28(35)42)39-29(43)13-7-5-6-10-23-16-17-48-49-23;1-11(2)7-15(18(28)24-14(17(20)27)5-6-30-4)25-19(29)16(23-12(3)26)8-13-9-21-10-22-13/h8-9,11-12,19,21,23,26-27,31,37H,4-7,10,13-18,20H2,1-3H3,(H2,35,42)(H,36,47)(H,38,45)(H,39,43)(H,40,46)(H,41,44);9-11,14-16H,5-8H2,1-4H3,(H2,20,27)(H,21,22)(H,23,26)(H,24,28)(H,25,29). The Bertz CT molecular complexity index is 2450. The van der Waals surface area contributed by atoms with Crippen molar-refractivity contribution in [2.24, 2.45) is 23.3 Å². The van der Waals surface area contributed by atoms with E-state index in [0.717, 1.165) is 35.7 Å². The van der Waals surface area contributed by atoms with E-state index in [0.29, 0.717) is 42.5 Å². The van der Waals surface area contributed by atoms with E-state index in [9.17, 15) is 47.9 Å². The van der Waals surface area contributed by atoms with Crippen LogP contribution in [0.5, 0.6) is 0 Å². The lowest BCUT2D eigenvalue weighted by molar-refractivity contribution is -0.133. The Hall–Kier alpha value is -6.28. The molecule has 26 heteroatoms. The van der Waals surface area contributed by atoms with E-state index < -0.39 is 84.1 Å². The molecule has 0 aliphatic carbocycles. The molecular weight excluding hydrogens is 1070 g/mol. The number of aromatic nitrogens is 3. The van der Waals surface area contributed by atoms with Gasteiger partial charge in [0.05, 0.1) is 12.9 Å². The van der Waals surface area contributed by atoms with Crippen molar-refractivity contribution in [1.82, 2.24) is 57.5 Å². The number of primary amides is 2. The van der Waals surface area contributed by atoms with Crippen LogP contribution in [0.3, 0.4) is 0 Å². The molecule has 10 amide bonds. The van der Waals surface area contributed by atoms with E-state index in [4.69, 9.17) is 11.5 Å². The lowest BCUT2D eigenvalue weighted by Crippen LogP contribution is -2.57.